The molecular weight excluding hydrogens is 558 g/mol. The normalized spacial score (nSPS) is 10.7. The van der Waals surface area contributed by atoms with Crippen LogP contribution in [0.5, 0.6) is 34.5 Å². The van der Waals surface area contributed by atoms with E-state index < -0.39 is 11.9 Å². The van der Waals surface area contributed by atoms with Gasteiger partial charge in [0, 0.05) is 17.7 Å². The van der Waals surface area contributed by atoms with Crippen LogP contribution < -0.4 is 28.4 Å². The van der Waals surface area contributed by atoms with Gasteiger partial charge in [0.05, 0.1) is 42.7 Å². The van der Waals surface area contributed by atoms with Gasteiger partial charge < -0.3 is 43.2 Å². The van der Waals surface area contributed by atoms with Crippen LogP contribution in [0.2, 0.25) is 0 Å². The standard InChI is InChI=1S/C32H33NO10/c1-38-21-10-7-18(15-24(21)41-4)13-14-33-29(31(34)35)27(19-8-11-22(39-2)25(16-19)42-5)28(30(33)32(36)37)20-9-12-23(40-3)26(17-20)43-6/h7-12,15-17H,13-14H2,1-6H3,(H,34,35)(H,36,37). The minimum absolute atomic E-state index is 0.0341. The number of carboxylic acids is 2. The Morgan fingerprint density at radius 3 is 1.30 bits per heavy atom. The average Bonchev–Trinajstić information content (AvgIpc) is 3.38. The molecule has 0 unspecified atom stereocenters. The minimum Gasteiger partial charge on any atom is -0.493 e. The van der Waals surface area contributed by atoms with Gasteiger partial charge in [-0.1, -0.05) is 18.2 Å². The van der Waals surface area contributed by atoms with Gasteiger partial charge in [-0.15, -0.1) is 0 Å². The van der Waals surface area contributed by atoms with Gasteiger partial charge in [0.15, 0.2) is 34.5 Å². The summed E-state index contributed by atoms with van der Waals surface area (Å²) in [5, 5.41) is 21.2. The van der Waals surface area contributed by atoms with Crippen LogP contribution in [0.1, 0.15) is 26.5 Å². The third-order valence-electron chi connectivity index (χ3n) is 7.09. The molecule has 0 amide bonds. The molecule has 0 bridgehead atoms. The number of nitrogens with zero attached hydrogens (tertiary/aromatic N) is 1. The SMILES string of the molecule is COc1ccc(CCn2c(C(=O)O)c(-c3ccc(OC)c(OC)c3)c(-c3ccc(OC)c(OC)c3)c2C(=O)O)cc1OC. The fourth-order valence-corrected chi connectivity index (χ4v) is 5.11. The highest BCUT2D eigenvalue weighted by Gasteiger charge is 2.33. The van der Waals surface area contributed by atoms with Gasteiger partial charge in [-0.05, 0) is 59.5 Å². The third kappa shape index (κ3) is 5.87. The van der Waals surface area contributed by atoms with Crippen molar-refractivity contribution >= 4 is 11.9 Å². The lowest BCUT2D eigenvalue weighted by Gasteiger charge is -2.13. The molecule has 226 valence electrons. The van der Waals surface area contributed by atoms with Crippen LogP contribution in [0.4, 0.5) is 0 Å². The predicted molar refractivity (Wildman–Crippen MR) is 159 cm³/mol. The summed E-state index contributed by atoms with van der Waals surface area (Å²) in [5.41, 5.74) is 1.64. The summed E-state index contributed by atoms with van der Waals surface area (Å²) in [6.45, 7) is 0.0341. The highest BCUT2D eigenvalue weighted by Crippen LogP contribution is 2.45. The molecule has 1 heterocycles. The van der Waals surface area contributed by atoms with Crippen LogP contribution in [0.15, 0.2) is 54.6 Å². The molecule has 0 aliphatic carbocycles. The maximum absolute atomic E-state index is 13.0. The number of benzene rings is 3. The van der Waals surface area contributed by atoms with E-state index in [1.165, 1.54) is 47.2 Å². The van der Waals surface area contributed by atoms with Gasteiger partial charge >= 0.3 is 11.9 Å². The summed E-state index contributed by atoms with van der Waals surface area (Å²) in [5.74, 6) is 0.00798. The summed E-state index contributed by atoms with van der Waals surface area (Å²) in [6.07, 6.45) is 0.298. The van der Waals surface area contributed by atoms with Crippen LogP contribution in [-0.2, 0) is 13.0 Å². The van der Waals surface area contributed by atoms with E-state index in [9.17, 15) is 19.8 Å². The van der Waals surface area contributed by atoms with Crippen molar-refractivity contribution in [2.24, 2.45) is 0 Å². The Kier molecular flexibility index (Phi) is 9.34. The Hall–Kier alpha value is -5.32. The number of carboxylic acid groups (broad SMARTS) is 2. The number of methoxy groups -OCH3 is 6. The summed E-state index contributed by atoms with van der Waals surface area (Å²) in [7, 11) is 8.95. The smallest absolute Gasteiger partial charge is 0.353 e. The van der Waals surface area contributed by atoms with E-state index in [1.54, 1.807) is 48.5 Å². The van der Waals surface area contributed by atoms with Crippen molar-refractivity contribution in [1.29, 1.82) is 0 Å². The highest BCUT2D eigenvalue weighted by molar-refractivity contribution is 6.08. The second kappa shape index (κ2) is 13.1. The molecule has 1 aromatic heterocycles. The maximum Gasteiger partial charge on any atom is 0.353 e. The zero-order valence-corrected chi connectivity index (χ0v) is 24.7. The summed E-state index contributed by atoms with van der Waals surface area (Å²) in [4.78, 5) is 26.0. The molecule has 11 heteroatoms. The summed E-state index contributed by atoms with van der Waals surface area (Å²) in [6, 6.07) is 15.2. The largest absolute Gasteiger partial charge is 0.493 e. The van der Waals surface area contributed by atoms with Crippen molar-refractivity contribution in [3.8, 4) is 56.8 Å². The van der Waals surface area contributed by atoms with E-state index >= 15 is 0 Å². The van der Waals surface area contributed by atoms with E-state index in [-0.39, 0.29) is 29.1 Å². The molecule has 0 radical (unpaired) electrons. The monoisotopic (exact) mass is 591 g/mol. The first-order valence-electron chi connectivity index (χ1n) is 13.1. The fraction of sp³-hybridized carbons (Fsp3) is 0.250. The van der Waals surface area contributed by atoms with Crippen molar-refractivity contribution in [3.05, 3.63) is 71.5 Å². The number of rotatable bonds is 13. The van der Waals surface area contributed by atoms with Crippen molar-refractivity contribution < 1.29 is 48.2 Å². The number of aromatic nitrogens is 1. The van der Waals surface area contributed by atoms with Crippen LogP contribution in [0.3, 0.4) is 0 Å². The van der Waals surface area contributed by atoms with Crippen molar-refractivity contribution in [3.63, 3.8) is 0 Å². The fourth-order valence-electron chi connectivity index (χ4n) is 5.11. The molecule has 43 heavy (non-hydrogen) atoms. The number of hydrogen-bond acceptors (Lipinski definition) is 8. The summed E-state index contributed by atoms with van der Waals surface area (Å²) >= 11 is 0. The Labute approximate surface area is 248 Å². The first kappa shape index (κ1) is 30.6. The zero-order chi connectivity index (χ0) is 31.3. The first-order chi connectivity index (χ1) is 20.7. The molecule has 0 saturated carbocycles. The topological polar surface area (TPSA) is 135 Å². The Bertz CT molecular complexity index is 1570. The lowest BCUT2D eigenvalue weighted by atomic mass is 9.94. The van der Waals surface area contributed by atoms with Crippen LogP contribution in [-0.4, -0.2) is 69.4 Å². The van der Waals surface area contributed by atoms with Crippen LogP contribution >= 0.6 is 0 Å². The second-order valence-corrected chi connectivity index (χ2v) is 9.29. The van der Waals surface area contributed by atoms with Crippen molar-refractivity contribution in [2.75, 3.05) is 42.7 Å². The van der Waals surface area contributed by atoms with Gasteiger partial charge in [-0.25, -0.2) is 9.59 Å². The number of carbonyl (C=O) groups is 2. The van der Waals surface area contributed by atoms with Gasteiger partial charge in [0.1, 0.15) is 11.4 Å². The number of ether oxygens (including phenoxy) is 6. The van der Waals surface area contributed by atoms with Crippen LogP contribution in [0, 0.1) is 0 Å². The Morgan fingerprint density at radius 1 is 0.558 bits per heavy atom. The first-order valence-corrected chi connectivity index (χ1v) is 13.1. The van der Waals surface area contributed by atoms with E-state index in [0.29, 0.717) is 52.0 Å². The number of hydrogen-bond donors (Lipinski definition) is 2. The quantitative estimate of drug-likeness (QED) is 0.205. The third-order valence-corrected chi connectivity index (χ3v) is 7.09. The maximum atomic E-state index is 13.0. The molecule has 0 fully saturated rings. The van der Waals surface area contributed by atoms with E-state index in [2.05, 4.69) is 0 Å². The molecule has 0 aliphatic heterocycles. The molecule has 4 aromatic rings. The molecule has 4 rings (SSSR count). The van der Waals surface area contributed by atoms with E-state index in [4.69, 9.17) is 28.4 Å². The molecular formula is C32H33NO10. The Morgan fingerprint density at radius 2 is 0.930 bits per heavy atom. The molecule has 3 aromatic carbocycles. The second-order valence-electron chi connectivity index (χ2n) is 9.29. The predicted octanol–water partition coefficient (Wildman–Crippen LogP) is 5.51. The van der Waals surface area contributed by atoms with Crippen LogP contribution in [0.25, 0.3) is 22.3 Å². The van der Waals surface area contributed by atoms with Crippen molar-refractivity contribution in [1.82, 2.24) is 4.57 Å². The highest BCUT2D eigenvalue weighted by atomic mass is 16.5. The van der Waals surface area contributed by atoms with Gasteiger partial charge in [-0.3, -0.25) is 0 Å². The van der Waals surface area contributed by atoms with Gasteiger partial charge in [0.2, 0.25) is 0 Å². The number of aryl methyl sites for hydroxylation is 1. The molecule has 2 N–H and O–H groups in total. The zero-order valence-electron chi connectivity index (χ0n) is 24.7. The molecule has 11 nitrogen and oxygen atoms in total. The van der Waals surface area contributed by atoms with E-state index in [0.717, 1.165) is 5.56 Å². The molecule has 0 aliphatic rings. The summed E-state index contributed by atoms with van der Waals surface area (Å²) < 4.78 is 33.8. The lowest BCUT2D eigenvalue weighted by molar-refractivity contribution is 0.0677. The lowest BCUT2D eigenvalue weighted by Crippen LogP contribution is -2.16. The molecule has 0 atom stereocenters. The van der Waals surface area contributed by atoms with Gasteiger partial charge in [0.25, 0.3) is 0 Å². The van der Waals surface area contributed by atoms with E-state index in [1.807, 2.05) is 6.07 Å². The Balaban J connectivity index is 2.03. The van der Waals surface area contributed by atoms with Gasteiger partial charge in [-0.2, -0.15) is 0 Å². The molecule has 0 saturated heterocycles. The molecule has 0 spiro atoms. The van der Waals surface area contributed by atoms with Crippen molar-refractivity contribution in [2.45, 2.75) is 13.0 Å². The minimum atomic E-state index is -1.30. The number of aromatic carboxylic acids is 2. The average molecular weight is 592 g/mol.